The predicted molar refractivity (Wildman–Crippen MR) is 40.6 cm³/mol. The highest BCUT2D eigenvalue weighted by Crippen LogP contribution is 2.10. The topological polar surface area (TPSA) is 43.1 Å². The fourth-order valence-corrected chi connectivity index (χ4v) is 0.929. The lowest BCUT2D eigenvalue weighted by molar-refractivity contribution is 0.101. The quantitative estimate of drug-likeness (QED) is 0.608. The molecule has 1 heterocycles. The Morgan fingerprint density at radius 1 is 1.64 bits per heavy atom. The second kappa shape index (κ2) is 2.86. The van der Waals surface area contributed by atoms with E-state index in [1.807, 2.05) is 6.92 Å². The Morgan fingerprint density at radius 2 is 2.27 bits per heavy atom. The fraction of sp³-hybridized carbons (Fsp3) is 0.500. The van der Waals surface area contributed by atoms with Gasteiger partial charge in [-0.3, -0.25) is 4.79 Å². The second-order valence-corrected chi connectivity index (χ2v) is 2.42. The van der Waals surface area contributed by atoms with E-state index in [0.717, 1.165) is 6.42 Å². The van der Waals surface area contributed by atoms with Gasteiger partial charge in [-0.25, -0.2) is 4.98 Å². The lowest BCUT2D eigenvalue weighted by Crippen LogP contribution is -1.94. The number of oxazole rings is 1. The number of aryl methyl sites for hydroxylation is 2. The molecule has 0 N–H and O–H groups in total. The van der Waals surface area contributed by atoms with Gasteiger partial charge in [0.1, 0.15) is 11.5 Å². The molecule has 0 aliphatic carbocycles. The van der Waals surface area contributed by atoms with Crippen molar-refractivity contribution >= 4 is 5.78 Å². The van der Waals surface area contributed by atoms with Gasteiger partial charge in [0, 0.05) is 13.3 Å². The first kappa shape index (κ1) is 7.98. The Morgan fingerprint density at radius 3 is 2.55 bits per heavy atom. The van der Waals surface area contributed by atoms with Gasteiger partial charge >= 0.3 is 0 Å². The largest absolute Gasteiger partial charge is 0.445 e. The van der Waals surface area contributed by atoms with Crippen LogP contribution in [0.25, 0.3) is 0 Å². The van der Waals surface area contributed by atoms with E-state index >= 15 is 0 Å². The monoisotopic (exact) mass is 153 g/mol. The first-order chi connectivity index (χ1) is 5.15. The number of hydrogen-bond donors (Lipinski definition) is 0. The molecule has 0 spiro atoms. The van der Waals surface area contributed by atoms with Gasteiger partial charge in [-0.05, 0) is 6.92 Å². The predicted octanol–water partition coefficient (Wildman–Crippen LogP) is 1.75. The van der Waals surface area contributed by atoms with Crippen molar-refractivity contribution in [1.82, 2.24) is 4.98 Å². The maximum Gasteiger partial charge on any atom is 0.194 e. The van der Waals surface area contributed by atoms with Crippen molar-refractivity contribution in [2.45, 2.75) is 27.2 Å². The molecule has 0 amide bonds. The molecule has 0 saturated carbocycles. The minimum absolute atomic E-state index is 0.0362. The van der Waals surface area contributed by atoms with Crippen LogP contribution in [0.4, 0.5) is 0 Å². The van der Waals surface area contributed by atoms with Crippen LogP contribution in [0.5, 0.6) is 0 Å². The summed E-state index contributed by atoms with van der Waals surface area (Å²) < 4.78 is 5.19. The van der Waals surface area contributed by atoms with E-state index in [4.69, 9.17) is 4.42 Å². The van der Waals surface area contributed by atoms with Crippen molar-refractivity contribution in [3.8, 4) is 0 Å². The first-order valence-corrected chi connectivity index (χ1v) is 3.62. The van der Waals surface area contributed by atoms with Crippen LogP contribution in [0.3, 0.4) is 0 Å². The zero-order valence-corrected chi connectivity index (χ0v) is 6.97. The summed E-state index contributed by atoms with van der Waals surface area (Å²) in [6, 6.07) is 0. The maximum atomic E-state index is 10.9. The van der Waals surface area contributed by atoms with Crippen molar-refractivity contribution in [2.24, 2.45) is 0 Å². The van der Waals surface area contributed by atoms with E-state index in [-0.39, 0.29) is 5.78 Å². The summed E-state index contributed by atoms with van der Waals surface area (Å²) in [5.74, 6) is 1.22. The summed E-state index contributed by atoms with van der Waals surface area (Å²) in [6.07, 6.45) is 0.730. The second-order valence-electron chi connectivity index (χ2n) is 2.42. The molecule has 1 aromatic rings. The van der Waals surface area contributed by atoms with Gasteiger partial charge in [0.2, 0.25) is 0 Å². The molecule has 0 fully saturated rings. The maximum absolute atomic E-state index is 10.9. The molecule has 1 aromatic heterocycles. The van der Waals surface area contributed by atoms with Crippen LogP contribution in [0.1, 0.15) is 36.0 Å². The Kier molecular flexibility index (Phi) is 2.08. The summed E-state index contributed by atoms with van der Waals surface area (Å²) in [5, 5.41) is 0. The average molecular weight is 153 g/mol. The van der Waals surface area contributed by atoms with Gasteiger partial charge in [-0.1, -0.05) is 6.92 Å². The molecular formula is C8H11NO2. The van der Waals surface area contributed by atoms with Gasteiger partial charge in [0.25, 0.3) is 0 Å². The molecule has 60 valence electrons. The summed E-state index contributed by atoms with van der Waals surface area (Å²) in [4.78, 5) is 14.9. The van der Waals surface area contributed by atoms with E-state index in [1.54, 1.807) is 6.92 Å². The average Bonchev–Trinajstić information content (AvgIpc) is 2.30. The normalized spacial score (nSPS) is 10.1. The third-order valence-corrected chi connectivity index (χ3v) is 1.48. The van der Waals surface area contributed by atoms with Crippen LogP contribution < -0.4 is 0 Å². The molecule has 0 atom stereocenters. The zero-order chi connectivity index (χ0) is 8.43. The van der Waals surface area contributed by atoms with Crippen molar-refractivity contribution < 1.29 is 9.21 Å². The molecule has 1 rings (SSSR count). The fourth-order valence-electron chi connectivity index (χ4n) is 0.929. The van der Waals surface area contributed by atoms with Gasteiger partial charge in [0.05, 0.1) is 0 Å². The molecular weight excluding hydrogens is 142 g/mol. The van der Waals surface area contributed by atoms with Gasteiger partial charge in [-0.15, -0.1) is 0 Å². The molecule has 0 unspecified atom stereocenters. The van der Waals surface area contributed by atoms with E-state index in [1.165, 1.54) is 6.92 Å². The highest BCUT2D eigenvalue weighted by molar-refractivity contribution is 5.92. The van der Waals surface area contributed by atoms with E-state index in [0.29, 0.717) is 17.3 Å². The highest BCUT2D eigenvalue weighted by Gasteiger charge is 2.11. The number of Topliss-reactive ketones (excluding diaryl/α,β-unsaturated/α-hetero) is 1. The van der Waals surface area contributed by atoms with Crippen LogP contribution in [-0.2, 0) is 6.42 Å². The number of nitrogens with zero attached hydrogens (tertiary/aromatic N) is 1. The molecule has 3 nitrogen and oxygen atoms in total. The van der Waals surface area contributed by atoms with Crippen LogP contribution in [0.15, 0.2) is 4.42 Å². The molecule has 0 aliphatic heterocycles. The van der Waals surface area contributed by atoms with Gasteiger partial charge in [-0.2, -0.15) is 0 Å². The minimum Gasteiger partial charge on any atom is -0.445 e. The van der Waals surface area contributed by atoms with Crippen LogP contribution in [-0.4, -0.2) is 10.8 Å². The Balaban J connectivity index is 3.07. The Labute approximate surface area is 65.4 Å². The number of ketones is 1. The smallest absolute Gasteiger partial charge is 0.194 e. The summed E-state index contributed by atoms with van der Waals surface area (Å²) in [7, 11) is 0. The van der Waals surface area contributed by atoms with Crippen molar-refractivity contribution in [2.75, 3.05) is 0 Å². The summed E-state index contributed by atoms with van der Waals surface area (Å²) >= 11 is 0. The number of carbonyl (C=O) groups is 1. The first-order valence-electron chi connectivity index (χ1n) is 3.62. The SMILES string of the molecule is CCc1nc(C(C)=O)c(C)o1. The van der Waals surface area contributed by atoms with Crippen molar-refractivity contribution in [3.63, 3.8) is 0 Å². The minimum atomic E-state index is -0.0362. The van der Waals surface area contributed by atoms with Crippen LogP contribution in [0.2, 0.25) is 0 Å². The lowest BCUT2D eigenvalue weighted by Gasteiger charge is -1.84. The molecule has 0 saturated heterocycles. The van der Waals surface area contributed by atoms with E-state index in [2.05, 4.69) is 4.98 Å². The number of hydrogen-bond acceptors (Lipinski definition) is 3. The highest BCUT2D eigenvalue weighted by atomic mass is 16.4. The number of aromatic nitrogens is 1. The standard InChI is InChI=1S/C8H11NO2/c1-4-7-9-8(5(2)10)6(3)11-7/h4H2,1-3H3. The van der Waals surface area contributed by atoms with E-state index < -0.39 is 0 Å². The molecule has 0 radical (unpaired) electrons. The number of rotatable bonds is 2. The van der Waals surface area contributed by atoms with Crippen molar-refractivity contribution in [3.05, 3.63) is 17.3 Å². The van der Waals surface area contributed by atoms with Crippen LogP contribution in [0, 0.1) is 6.92 Å². The third kappa shape index (κ3) is 1.48. The van der Waals surface area contributed by atoms with Crippen molar-refractivity contribution in [1.29, 1.82) is 0 Å². The zero-order valence-electron chi connectivity index (χ0n) is 6.97. The molecule has 0 bridgehead atoms. The molecule has 0 aromatic carbocycles. The van der Waals surface area contributed by atoms with E-state index in [9.17, 15) is 4.79 Å². The summed E-state index contributed by atoms with van der Waals surface area (Å²) in [5.41, 5.74) is 0.460. The number of carbonyl (C=O) groups excluding carboxylic acids is 1. The van der Waals surface area contributed by atoms with Gasteiger partial charge < -0.3 is 4.42 Å². The third-order valence-electron chi connectivity index (χ3n) is 1.48. The summed E-state index contributed by atoms with van der Waals surface area (Å²) in [6.45, 7) is 5.18. The lowest BCUT2D eigenvalue weighted by atomic mass is 10.3. The molecule has 0 aliphatic rings. The Bertz CT molecular complexity index is 276. The Hall–Kier alpha value is -1.12. The van der Waals surface area contributed by atoms with Gasteiger partial charge in [0.15, 0.2) is 11.7 Å². The molecule has 11 heavy (non-hydrogen) atoms. The molecule has 3 heteroatoms. The van der Waals surface area contributed by atoms with Crippen LogP contribution >= 0.6 is 0 Å².